The normalized spacial score (nSPS) is 18.9. The molecule has 1 unspecified atom stereocenters. The Kier molecular flexibility index (Phi) is 7.29. The van der Waals surface area contributed by atoms with Crippen molar-refractivity contribution >= 4 is 23.1 Å². The standard InChI is InChI=1S/C20H31ClN2O2/c1-4-16-9-15(11-18(21)20(16)22)10-17(14(3)24)12-19(25)23-7-5-13(2)6-8-23/h9,11,13,17,19,25H,4-8,10,12,22H2,1-3H3/t17-,19?/m0/s1. The largest absolute Gasteiger partial charge is 0.397 e. The Balaban J connectivity index is 2.06. The predicted molar refractivity (Wildman–Crippen MR) is 104 cm³/mol. The lowest BCUT2D eigenvalue weighted by atomic mass is 9.90. The maximum atomic E-state index is 12.1. The fraction of sp³-hybridized carbons (Fsp3) is 0.650. The highest BCUT2D eigenvalue weighted by Crippen LogP contribution is 2.28. The number of ketones is 1. The Labute approximate surface area is 156 Å². The number of anilines is 1. The van der Waals surface area contributed by atoms with Crippen molar-refractivity contribution in [3.63, 3.8) is 0 Å². The maximum Gasteiger partial charge on any atom is 0.133 e. The first-order valence-electron chi connectivity index (χ1n) is 9.31. The summed E-state index contributed by atoms with van der Waals surface area (Å²) < 4.78 is 0. The second kappa shape index (κ2) is 9.02. The molecule has 25 heavy (non-hydrogen) atoms. The molecule has 1 aromatic rings. The molecular weight excluding hydrogens is 336 g/mol. The highest BCUT2D eigenvalue weighted by atomic mass is 35.5. The van der Waals surface area contributed by atoms with Crippen molar-refractivity contribution in [2.75, 3.05) is 18.8 Å². The Hall–Kier alpha value is -1.10. The molecule has 0 spiro atoms. The number of carbonyl (C=O) groups excluding carboxylic acids is 1. The molecule has 0 radical (unpaired) electrons. The molecule has 0 aliphatic carbocycles. The molecule has 1 saturated heterocycles. The third kappa shape index (κ3) is 5.44. The maximum absolute atomic E-state index is 12.1. The van der Waals surface area contributed by atoms with Gasteiger partial charge in [0.1, 0.15) is 12.0 Å². The molecule has 140 valence electrons. The fourth-order valence-corrected chi connectivity index (χ4v) is 3.82. The second-order valence-electron chi connectivity index (χ2n) is 7.45. The first-order valence-corrected chi connectivity index (χ1v) is 9.68. The van der Waals surface area contributed by atoms with Crippen LogP contribution in [0.25, 0.3) is 0 Å². The van der Waals surface area contributed by atoms with Crippen LogP contribution in [0.4, 0.5) is 5.69 Å². The summed E-state index contributed by atoms with van der Waals surface area (Å²) >= 11 is 6.23. The third-order valence-corrected chi connectivity index (χ3v) is 5.76. The van der Waals surface area contributed by atoms with Gasteiger partial charge in [-0.1, -0.05) is 31.5 Å². The lowest BCUT2D eigenvalue weighted by Gasteiger charge is -2.35. The van der Waals surface area contributed by atoms with Crippen molar-refractivity contribution in [1.29, 1.82) is 0 Å². The van der Waals surface area contributed by atoms with Crippen LogP contribution in [0.5, 0.6) is 0 Å². The molecule has 0 aromatic heterocycles. The Bertz CT molecular complexity index is 598. The van der Waals surface area contributed by atoms with Gasteiger partial charge < -0.3 is 10.8 Å². The average Bonchev–Trinajstić information content (AvgIpc) is 2.57. The van der Waals surface area contributed by atoms with E-state index in [9.17, 15) is 9.90 Å². The molecule has 0 amide bonds. The zero-order chi connectivity index (χ0) is 18.6. The molecule has 5 heteroatoms. The Morgan fingerprint density at radius 1 is 1.40 bits per heavy atom. The molecule has 3 N–H and O–H groups in total. The van der Waals surface area contributed by atoms with E-state index in [4.69, 9.17) is 17.3 Å². The number of piperidine rings is 1. The number of hydrogen-bond acceptors (Lipinski definition) is 4. The molecule has 1 aliphatic rings. The van der Waals surface area contributed by atoms with Gasteiger partial charge >= 0.3 is 0 Å². The van der Waals surface area contributed by atoms with E-state index in [0.717, 1.165) is 49.4 Å². The first kappa shape index (κ1) is 20.2. The van der Waals surface area contributed by atoms with Gasteiger partial charge in [-0.25, -0.2) is 0 Å². The summed E-state index contributed by atoms with van der Waals surface area (Å²) in [7, 11) is 0. The van der Waals surface area contributed by atoms with E-state index in [0.29, 0.717) is 23.6 Å². The molecule has 2 rings (SSSR count). The van der Waals surface area contributed by atoms with Crippen LogP contribution < -0.4 is 5.73 Å². The number of Topliss-reactive ketones (excluding diaryl/α,β-unsaturated/α-hetero) is 1. The van der Waals surface area contributed by atoms with Gasteiger partial charge in [0, 0.05) is 19.0 Å². The molecule has 1 aliphatic heterocycles. The van der Waals surface area contributed by atoms with Crippen molar-refractivity contribution < 1.29 is 9.90 Å². The topological polar surface area (TPSA) is 66.6 Å². The molecule has 1 heterocycles. The van der Waals surface area contributed by atoms with Gasteiger partial charge in [-0.2, -0.15) is 0 Å². The van der Waals surface area contributed by atoms with Crippen LogP contribution in [-0.4, -0.2) is 35.1 Å². The highest BCUT2D eigenvalue weighted by Gasteiger charge is 2.26. The van der Waals surface area contributed by atoms with Crippen LogP contribution in [0, 0.1) is 11.8 Å². The molecule has 4 nitrogen and oxygen atoms in total. The minimum Gasteiger partial charge on any atom is -0.397 e. The van der Waals surface area contributed by atoms with E-state index in [1.54, 1.807) is 6.92 Å². The number of benzene rings is 1. The first-order chi connectivity index (χ1) is 11.8. The minimum absolute atomic E-state index is 0.107. The van der Waals surface area contributed by atoms with Gasteiger partial charge in [-0.3, -0.25) is 9.69 Å². The second-order valence-corrected chi connectivity index (χ2v) is 7.86. The summed E-state index contributed by atoms with van der Waals surface area (Å²) in [5.74, 6) is 0.616. The number of rotatable bonds is 7. The van der Waals surface area contributed by atoms with Gasteiger partial charge in [0.2, 0.25) is 0 Å². The number of aliphatic hydroxyl groups is 1. The third-order valence-electron chi connectivity index (χ3n) is 5.45. The summed E-state index contributed by atoms with van der Waals surface area (Å²) in [6.07, 6.45) is 3.51. The smallest absolute Gasteiger partial charge is 0.133 e. The van der Waals surface area contributed by atoms with Gasteiger partial charge in [0.25, 0.3) is 0 Å². The molecule has 0 saturated carbocycles. The van der Waals surface area contributed by atoms with Gasteiger partial charge in [-0.05, 0) is 62.1 Å². The number of hydrogen-bond donors (Lipinski definition) is 2. The van der Waals surface area contributed by atoms with Crippen LogP contribution in [0.1, 0.15) is 51.2 Å². The zero-order valence-electron chi connectivity index (χ0n) is 15.6. The van der Waals surface area contributed by atoms with Crippen LogP contribution in [0.2, 0.25) is 5.02 Å². The number of aryl methyl sites for hydroxylation is 1. The zero-order valence-corrected chi connectivity index (χ0v) is 16.4. The van der Waals surface area contributed by atoms with Crippen LogP contribution in [0.15, 0.2) is 12.1 Å². The van der Waals surface area contributed by atoms with Crippen LogP contribution >= 0.6 is 11.6 Å². The molecule has 0 bridgehead atoms. The Morgan fingerprint density at radius 3 is 2.60 bits per heavy atom. The number of aliphatic hydroxyl groups excluding tert-OH is 1. The average molecular weight is 367 g/mol. The Morgan fingerprint density at radius 2 is 2.04 bits per heavy atom. The summed E-state index contributed by atoms with van der Waals surface area (Å²) in [4.78, 5) is 14.2. The lowest BCUT2D eigenvalue weighted by Crippen LogP contribution is -2.42. The van der Waals surface area contributed by atoms with Crippen molar-refractivity contribution in [3.05, 3.63) is 28.3 Å². The van der Waals surface area contributed by atoms with E-state index in [1.807, 2.05) is 19.1 Å². The highest BCUT2D eigenvalue weighted by molar-refractivity contribution is 6.33. The van der Waals surface area contributed by atoms with E-state index < -0.39 is 6.23 Å². The van der Waals surface area contributed by atoms with Crippen molar-refractivity contribution in [1.82, 2.24) is 4.90 Å². The van der Waals surface area contributed by atoms with Crippen LogP contribution in [-0.2, 0) is 17.6 Å². The summed E-state index contributed by atoms with van der Waals surface area (Å²) in [6, 6.07) is 3.88. The number of nitrogens with two attached hydrogens (primary N) is 1. The lowest BCUT2D eigenvalue weighted by molar-refractivity contribution is -0.123. The van der Waals surface area contributed by atoms with E-state index in [2.05, 4.69) is 11.8 Å². The van der Waals surface area contributed by atoms with Crippen molar-refractivity contribution in [3.8, 4) is 0 Å². The van der Waals surface area contributed by atoms with Gasteiger partial charge in [0.15, 0.2) is 0 Å². The predicted octanol–water partition coefficient (Wildman–Crippen LogP) is 3.67. The SMILES string of the molecule is CCc1cc(C[C@@H](CC(O)N2CCC(C)CC2)C(C)=O)cc(Cl)c1N. The number of nitrogens with zero attached hydrogens (tertiary/aromatic N) is 1. The molecule has 1 fully saturated rings. The van der Waals surface area contributed by atoms with Crippen molar-refractivity contribution in [2.45, 2.75) is 59.1 Å². The molecule has 1 aromatic carbocycles. The number of likely N-dealkylation sites (tertiary alicyclic amines) is 1. The monoisotopic (exact) mass is 366 g/mol. The summed E-state index contributed by atoms with van der Waals surface area (Å²) in [6.45, 7) is 7.70. The fourth-order valence-electron chi connectivity index (χ4n) is 3.56. The van der Waals surface area contributed by atoms with Gasteiger partial charge in [0.05, 0.1) is 10.7 Å². The molecular formula is C20H31ClN2O2. The van der Waals surface area contributed by atoms with E-state index in [-0.39, 0.29) is 11.7 Å². The van der Waals surface area contributed by atoms with E-state index >= 15 is 0 Å². The number of carbonyl (C=O) groups is 1. The van der Waals surface area contributed by atoms with Crippen molar-refractivity contribution in [2.24, 2.45) is 11.8 Å². The quantitative estimate of drug-likeness (QED) is 0.722. The summed E-state index contributed by atoms with van der Waals surface area (Å²) in [5, 5.41) is 11.1. The summed E-state index contributed by atoms with van der Waals surface area (Å²) in [5.41, 5.74) is 8.64. The number of halogens is 1. The van der Waals surface area contributed by atoms with E-state index in [1.165, 1.54) is 0 Å². The van der Waals surface area contributed by atoms with Gasteiger partial charge in [-0.15, -0.1) is 0 Å². The number of nitrogen functional groups attached to an aromatic ring is 1. The van der Waals surface area contributed by atoms with Crippen LogP contribution in [0.3, 0.4) is 0 Å². The minimum atomic E-state index is -0.559. The molecule has 2 atom stereocenters.